The lowest BCUT2D eigenvalue weighted by Crippen LogP contribution is -2.35. The van der Waals surface area contributed by atoms with Crippen LogP contribution in [0.1, 0.15) is 50.8 Å². The number of nitrogens with zero attached hydrogens (tertiary/aromatic N) is 2. The third-order valence-electron chi connectivity index (χ3n) is 6.15. The minimum atomic E-state index is -0.423. The van der Waals surface area contributed by atoms with E-state index in [9.17, 15) is 19.7 Å². The highest BCUT2D eigenvalue weighted by Gasteiger charge is 2.29. The Hall–Kier alpha value is -3.87. The van der Waals surface area contributed by atoms with Crippen molar-refractivity contribution in [3.8, 4) is 5.75 Å². The first kappa shape index (κ1) is 22.3. The molecule has 0 fully saturated rings. The van der Waals surface area contributed by atoms with Crippen LogP contribution < -0.4 is 9.30 Å². The van der Waals surface area contributed by atoms with Crippen LogP contribution in [0.25, 0.3) is 0 Å². The zero-order valence-corrected chi connectivity index (χ0v) is 18.6. The highest BCUT2D eigenvalue weighted by atomic mass is 16.6. The van der Waals surface area contributed by atoms with E-state index in [4.69, 9.17) is 4.74 Å². The molecule has 0 saturated carbocycles. The van der Waals surface area contributed by atoms with Crippen molar-refractivity contribution in [3.05, 3.63) is 98.9 Å². The Morgan fingerprint density at radius 1 is 1.21 bits per heavy atom. The molecule has 1 heterocycles. The van der Waals surface area contributed by atoms with Crippen molar-refractivity contribution in [2.75, 3.05) is 7.11 Å². The first-order chi connectivity index (χ1) is 15.9. The Labute approximate surface area is 191 Å². The van der Waals surface area contributed by atoms with Gasteiger partial charge in [0, 0.05) is 35.2 Å². The van der Waals surface area contributed by atoms with Crippen LogP contribution in [0.2, 0.25) is 0 Å². The number of benzene rings is 2. The Morgan fingerprint density at radius 3 is 2.76 bits per heavy atom. The van der Waals surface area contributed by atoms with Gasteiger partial charge in [-0.3, -0.25) is 19.7 Å². The number of nitro groups is 1. The molecule has 0 radical (unpaired) electrons. The van der Waals surface area contributed by atoms with Crippen LogP contribution in [0.4, 0.5) is 5.69 Å². The second kappa shape index (κ2) is 9.32. The molecule has 0 bridgehead atoms. The van der Waals surface area contributed by atoms with Crippen molar-refractivity contribution in [2.24, 2.45) is 5.92 Å². The summed E-state index contributed by atoms with van der Waals surface area (Å²) in [6, 6.07) is 13.9. The van der Waals surface area contributed by atoms with E-state index < -0.39 is 4.92 Å². The highest BCUT2D eigenvalue weighted by Crippen LogP contribution is 2.31. The summed E-state index contributed by atoms with van der Waals surface area (Å²) in [7, 11) is 1.61. The van der Waals surface area contributed by atoms with Gasteiger partial charge in [0.25, 0.3) is 5.69 Å². The van der Waals surface area contributed by atoms with Gasteiger partial charge < -0.3 is 4.74 Å². The summed E-state index contributed by atoms with van der Waals surface area (Å²) in [4.78, 5) is 36.1. The minimum absolute atomic E-state index is 0.0326. The van der Waals surface area contributed by atoms with E-state index in [0.29, 0.717) is 18.5 Å². The van der Waals surface area contributed by atoms with Gasteiger partial charge in [-0.05, 0) is 55.5 Å². The van der Waals surface area contributed by atoms with Gasteiger partial charge in [0.1, 0.15) is 5.75 Å². The number of ketones is 2. The van der Waals surface area contributed by atoms with Crippen molar-refractivity contribution < 1.29 is 23.8 Å². The Bertz CT molecular complexity index is 1250. The number of carbonyl (C=O) groups excluding carboxylic acids is 2. The molecule has 0 saturated heterocycles. The summed E-state index contributed by atoms with van der Waals surface area (Å²) in [5.41, 5.74) is 3.94. The van der Waals surface area contributed by atoms with Gasteiger partial charge in [0.15, 0.2) is 30.5 Å². The van der Waals surface area contributed by atoms with Crippen molar-refractivity contribution in [2.45, 2.75) is 32.7 Å². The topological polar surface area (TPSA) is 90.4 Å². The molecule has 7 nitrogen and oxygen atoms in total. The van der Waals surface area contributed by atoms with Crippen LogP contribution in [0.15, 0.2) is 60.9 Å². The molecule has 0 aliphatic heterocycles. The first-order valence-electron chi connectivity index (χ1n) is 10.8. The third kappa shape index (κ3) is 4.82. The van der Waals surface area contributed by atoms with Gasteiger partial charge in [0.05, 0.1) is 17.6 Å². The Balaban J connectivity index is 1.56. The van der Waals surface area contributed by atoms with Crippen LogP contribution >= 0.6 is 0 Å². The summed E-state index contributed by atoms with van der Waals surface area (Å²) in [5, 5.41) is 11.0. The first-order valence-corrected chi connectivity index (χ1v) is 10.8. The smallest absolute Gasteiger partial charge is 0.269 e. The average Bonchev–Trinajstić information content (AvgIpc) is 2.81. The Kier molecular flexibility index (Phi) is 6.31. The highest BCUT2D eigenvalue weighted by molar-refractivity contribution is 6.01. The molecule has 168 valence electrons. The molecule has 33 heavy (non-hydrogen) atoms. The molecule has 4 rings (SSSR count). The van der Waals surface area contributed by atoms with Crippen LogP contribution in [0.3, 0.4) is 0 Å². The maximum atomic E-state index is 13.1. The second-order valence-corrected chi connectivity index (χ2v) is 8.37. The van der Waals surface area contributed by atoms with Crippen molar-refractivity contribution in [1.29, 1.82) is 0 Å². The lowest BCUT2D eigenvalue weighted by Gasteiger charge is -2.24. The molecule has 1 atom stereocenters. The number of Topliss-reactive ketones (excluding diaryl/α,β-unsaturated/α-hetero) is 2. The zero-order valence-electron chi connectivity index (χ0n) is 18.6. The van der Waals surface area contributed by atoms with Crippen LogP contribution in [0.5, 0.6) is 5.75 Å². The van der Waals surface area contributed by atoms with E-state index in [1.54, 1.807) is 25.4 Å². The number of hydrogen-bond acceptors (Lipinski definition) is 5. The van der Waals surface area contributed by atoms with Crippen molar-refractivity contribution >= 4 is 17.3 Å². The summed E-state index contributed by atoms with van der Waals surface area (Å²) in [5.74, 6) is 0.584. The fourth-order valence-electron chi connectivity index (χ4n) is 4.43. The van der Waals surface area contributed by atoms with Crippen LogP contribution in [-0.2, 0) is 19.4 Å². The summed E-state index contributed by atoms with van der Waals surface area (Å²) in [6.45, 7) is 1.92. The van der Waals surface area contributed by atoms with E-state index in [0.717, 1.165) is 40.8 Å². The molecule has 3 aromatic rings. The minimum Gasteiger partial charge on any atom is -0.497 e. The van der Waals surface area contributed by atoms with Crippen LogP contribution in [0, 0.1) is 16.0 Å². The third-order valence-corrected chi connectivity index (χ3v) is 6.15. The van der Waals surface area contributed by atoms with E-state index in [1.165, 1.54) is 19.1 Å². The van der Waals surface area contributed by atoms with Gasteiger partial charge in [-0.25, -0.2) is 4.57 Å². The van der Waals surface area contributed by atoms with E-state index in [1.807, 2.05) is 35.0 Å². The lowest BCUT2D eigenvalue weighted by molar-refractivity contribution is -0.688. The monoisotopic (exact) mass is 445 g/mol. The maximum Gasteiger partial charge on any atom is 0.269 e. The molecule has 0 amide bonds. The number of aryl methyl sites for hydroxylation is 1. The number of hydrogen-bond donors (Lipinski definition) is 0. The van der Waals surface area contributed by atoms with E-state index >= 15 is 0 Å². The molecule has 0 N–H and O–H groups in total. The fraction of sp³-hybridized carbons (Fsp3) is 0.269. The van der Waals surface area contributed by atoms with Crippen molar-refractivity contribution in [1.82, 2.24) is 0 Å². The van der Waals surface area contributed by atoms with Crippen LogP contribution in [-0.4, -0.2) is 23.6 Å². The van der Waals surface area contributed by atoms with Gasteiger partial charge in [-0.1, -0.05) is 12.1 Å². The lowest BCUT2D eigenvalue weighted by atomic mass is 9.79. The zero-order chi connectivity index (χ0) is 23.5. The molecule has 2 aromatic carbocycles. The molecule has 1 unspecified atom stereocenters. The standard InChI is InChI=1S/C26H25N2O5/c1-17(29)25-16-27(15-18-4-3-5-22(12-18)28(31)32)11-10-20(25)13-21-7-6-19-14-23(33-2)8-9-24(19)26(21)30/h3-5,8-12,14,16,21H,6-7,13,15H2,1-2H3/q+1. The number of fused-ring (bicyclic) bond motifs is 1. The fourth-order valence-corrected chi connectivity index (χ4v) is 4.43. The van der Waals surface area contributed by atoms with Gasteiger partial charge in [0.2, 0.25) is 0 Å². The number of rotatable bonds is 7. The summed E-state index contributed by atoms with van der Waals surface area (Å²) >= 11 is 0. The van der Waals surface area contributed by atoms with Crippen molar-refractivity contribution in [3.63, 3.8) is 0 Å². The molecular formula is C26H25N2O5+. The predicted octanol–water partition coefficient (Wildman–Crippen LogP) is 4.13. The van der Waals surface area contributed by atoms with Gasteiger partial charge in [-0.15, -0.1) is 0 Å². The molecule has 0 spiro atoms. The SMILES string of the molecule is COc1ccc2c(c1)CCC(Cc1cc[n+](Cc3cccc([N+](=O)[O-])c3)cc1C(C)=O)C2=O. The second-order valence-electron chi connectivity index (χ2n) is 8.37. The van der Waals surface area contributed by atoms with E-state index in [-0.39, 0.29) is 23.2 Å². The summed E-state index contributed by atoms with van der Waals surface area (Å²) < 4.78 is 7.10. The van der Waals surface area contributed by atoms with E-state index in [2.05, 4.69) is 0 Å². The number of nitro benzene ring substituents is 1. The Morgan fingerprint density at radius 2 is 2.03 bits per heavy atom. The molecular weight excluding hydrogens is 420 g/mol. The van der Waals surface area contributed by atoms with Gasteiger partial charge >= 0.3 is 0 Å². The number of pyridine rings is 1. The number of aromatic nitrogens is 1. The largest absolute Gasteiger partial charge is 0.497 e. The predicted molar refractivity (Wildman–Crippen MR) is 122 cm³/mol. The molecule has 1 aliphatic carbocycles. The quantitative estimate of drug-likeness (QED) is 0.236. The molecule has 1 aliphatic rings. The molecule has 1 aromatic heterocycles. The number of methoxy groups -OCH3 is 1. The number of non-ortho nitro benzene ring substituents is 1. The number of ether oxygens (including phenoxy) is 1. The molecule has 7 heteroatoms. The normalized spacial score (nSPS) is 15.1. The van der Waals surface area contributed by atoms with Gasteiger partial charge in [-0.2, -0.15) is 0 Å². The summed E-state index contributed by atoms with van der Waals surface area (Å²) in [6.07, 6.45) is 5.63. The average molecular weight is 445 g/mol. The maximum absolute atomic E-state index is 13.1. The number of carbonyl (C=O) groups is 2.